The van der Waals surface area contributed by atoms with Gasteiger partial charge in [-0.15, -0.1) is 0 Å². The number of amides is 2. The van der Waals surface area contributed by atoms with Gasteiger partial charge in [-0.2, -0.15) is 0 Å². The zero-order valence-electron chi connectivity index (χ0n) is 20.0. The highest BCUT2D eigenvalue weighted by atomic mass is 16.5. The lowest BCUT2D eigenvalue weighted by Gasteiger charge is -2.32. The molecule has 0 spiro atoms. The van der Waals surface area contributed by atoms with Gasteiger partial charge in [-0.1, -0.05) is 78.9 Å². The molecular weight excluding hydrogens is 438 g/mol. The molecule has 0 radical (unpaired) electrons. The molecule has 0 unspecified atom stereocenters. The second-order valence-electron chi connectivity index (χ2n) is 9.08. The fourth-order valence-electron chi connectivity index (χ4n) is 5.49. The fraction of sp³-hybridized carbons (Fsp3) is 0.267. The molecule has 2 amide bonds. The van der Waals surface area contributed by atoms with Crippen molar-refractivity contribution in [2.45, 2.75) is 18.3 Å². The van der Waals surface area contributed by atoms with E-state index < -0.39 is 11.8 Å². The van der Waals surface area contributed by atoms with Gasteiger partial charge in [0, 0.05) is 18.4 Å². The minimum absolute atomic E-state index is 0.0837. The van der Waals surface area contributed by atoms with Gasteiger partial charge in [0.1, 0.15) is 0 Å². The van der Waals surface area contributed by atoms with Crippen LogP contribution in [0.3, 0.4) is 0 Å². The van der Waals surface area contributed by atoms with Crippen LogP contribution in [0.5, 0.6) is 11.5 Å². The molecule has 5 rings (SSSR count). The first-order valence-electron chi connectivity index (χ1n) is 12.0. The summed E-state index contributed by atoms with van der Waals surface area (Å²) in [4.78, 5) is 29.0. The third kappa shape index (κ3) is 4.23. The Morgan fingerprint density at radius 3 is 1.69 bits per heavy atom. The van der Waals surface area contributed by atoms with Gasteiger partial charge < -0.3 is 9.47 Å². The third-order valence-electron chi connectivity index (χ3n) is 7.23. The van der Waals surface area contributed by atoms with Crippen molar-refractivity contribution < 1.29 is 19.1 Å². The highest BCUT2D eigenvalue weighted by molar-refractivity contribution is 6.06. The van der Waals surface area contributed by atoms with Gasteiger partial charge in [0.25, 0.3) is 0 Å². The highest BCUT2D eigenvalue weighted by Crippen LogP contribution is 2.49. The average molecular weight is 468 g/mol. The number of carbonyl (C=O) groups is 2. The molecule has 5 heteroatoms. The number of allylic oxidation sites excluding steroid dienone is 2. The van der Waals surface area contributed by atoms with Gasteiger partial charge in [-0.05, 0) is 35.2 Å². The third-order valence-corrected chi connectivity index (χ3v) is 7.23. The van der Waals surface area contributed by atoms with Crippen molar-refractivity contribution in [3.8, 4) is 11.5 Å². The number of hydrogen-bond donors (Lipinski definition) is 0. The Morgan fingerprint density at radius 1 is 0.686 bits per heavy atom. The van der Waals surface area contributed by atoms with Crippen LogP contribution in [-0.2, 0) is 16.0 Å². The van der Waals surface area contributed by atoms with Crippen LogP contribution in [0.1, 0.15) is 28.5 Å². The number of likely N-dealkylation sites (tertiary alicyclic amines) is 1. The summed E-state index contributed by atoms with van der Waals surface area (Å²) >= 11 is 0. The van der Waals surface area contributed by atoms with Crippen LogP contribution in [0.25, 0.3) is 0 Å². The first-order chi connectivity index (χ1) is 17.1. The van der Waals surface area contributed by atoms with Crippen molar-refractivity contribution in [1.29, 1.82) is 0 Å². The Labute approximate surface area is 206 Å². The Bertz CT molecular complexity index is 1170. The SMILES string of the molecule is COc1ccc(CCN2C(=O)[C@@H]3[C@H](C2=O)[C@@H](c2ccccc2)C=C[C@@H]3c2ccccc2)cc1OC. The second-order valence-corrected chi connectivity index (χ2v) is 9.08. The van der Waals surface area contributed by atoms with Crippen LogP contribution in [0.4, 0.5) is 0 Å². The average Bonchev–Trinajstić information content (AvgIpc) is 3.17. The van der Waals surface area contributed by atoms with Crippen molar-refractivity contribution in [3.63, 3.8) is 0 Å². The Balaban J connectivity index is 1.45. The van der Waals surface area contributed by atoms with Crippen molar-refractivity contribution >= 4 is 11.8 Å². The van der Waals surface area contributed by atoms with Crippen molar-refractivity contribution in [2.75, 3.05) is 20.8 Å². The number of methoxy groups -OCH3 is 2. The first kappa shape index (κ1) is 22.9. The molecule has 1 aliphatic heterocycles. The van der Waals surface area contributed by atoms with E-state index in [2.05, 4.69) is 12.2 Å². The molecule has 0 aromatic heterocycles. The van der Waals surface area contributed by atoms with E-state index in [1.54, 1.807) is 14.2 Å². The molecule has 1 heterocycles. The summed E-state index contributed by atoms with van der Waals surface area (Å²) in [6.45, 7) is 0.336. The zero-order valence-corrected chi connectivity index (χ0v) is 20.0. The molecule has 3 aromatic rings. The van der Waals surface area contributed by atoms with E-state index in [9.17, 15) is 9.59 Å². The van der Waals surface area contributed by atoms with Crippen LogP contribution in [0.2, 0.25) is 0 Å². The number of benzene rings is 3. The van der Waals surface area contributed by atoms with Gasteiger partial charge in [0.2, 0.25) is 11.8 Å². The molecule has 4 atom stereocenters. The van der Waals surface area contributed by atoms with Crippen LogP contribution in [-0.4, -0.2) is 37.5 Å². The molecule has 1 saturated heterocycles. The lowest BCUT2D eigenvalue weighted by Crippen LogP contribution is -2.33. The predicted molar refractivity (Wildman–Crippen MR) is 134 cm³/mol. The molecule has 35 heavy (non-hydrogen) atoms. The van der Waals surface area contributed by atoms with Crippen molar-refractivity contribution in [3.05, 3.63) is 108 Å². The largest absolute Gasteiger partial charge is 0.493 e. The number of nitrogens with zero attached hydrogens (tertiary/aromatic N) is 1. The molecule has 1 fully saturated rings. The van der Waals surface area contributed by atoms with E-state index >= 15 is 0 Å². The fourth-order valence-corrected chi connectivity index (χ4v) is 5.49. The van der Waals surface area contributed by atoms with Gasteiger partial charge in [-0.3, -0.25) is 14.5 Å². The van der Waals surface area contributed by atoms with Gasteiger partial charge in [-0.25, -0.2) is 0 Å². The van der Waals surface area contributed by atoms with Crippen LogP contribution >= 0.6 is 0 Å². The number of rotatable bonds is 7. The summed E-state index contributed by atoms with van der Waals surface area (Å²) in [5.41, 5.74) is 3.11. The maximum absolute atomic E-state index is 13.8. The number of imide groups is 1. The quantitative estimate of drug-likeness (QED) is 0.363. The van der Waals surface area contributed by atoms with E-state index in [0.717, 1.165) is 16.7 Å². The summed E-state index contributed by atoms with van der Waals surface area (Å²) in [6, 6.07) is 25.7. The highest BCUT2D eigenvalue weighted by Gasteiger charge is 2.54. The van der Waals surface area contributed by atoms with Gasteiger partial charge >= 0.3 is 0 Å². The number of carbonyl (C=O) groups excluding carboxylic acids is 2. The smallest absolute Gasteiger partial charge is 0.234 e. The lowest BCUT2D eigenvalue weighted by molar-refractivity contribution is -0.139. The van der Waals surface area contributed by atoms with Crippen LogP contribution in [0, 0.1) is 11.8 Å². The van der Waals surface area contributed by atoms with E-state index in [1.165, 1.54) is 4.90 Å². The molecule has 0 saturated carbocycles. The Kier molecular flexibility index (Phi) is 6.41. The predicted octanol–water partition coefficient (Wildman–Crippen LogP) is 4.98. The Morgan fingerprint density at radius 2 is 1.20 bits per heavy atom. The Hall–Kier alpha value is -3.86. The van der Waals surface area contributed by atoms with Crippen molar-refractivity contribution in [1.82, 2.24) is 4.90 Å². The maximum atomic E-state index is 13.8. The summed E-state index contributed by atoms with van der Waals surface area (Å²) in [6.07, 6.45) is 4.80. The lowest BCUT2D eigenvalue weighted by atomic mass is 9.68. The van der Waals surface area contributed by atoms with Crippen molar-refractivity contribution in [2.24, 2.45) is 11.8 Å². The van der Waals surface area contributed by atoms with E-state index in [0.29, 0.717) is 24.5 Å². The molecule has 0 bridgehead atoms. The molecule has 178 valence electrons. The first-order valence-corrected chi connectivity index (χ1v) is 12.0. The van der Waals surface area contributed by atoms with Gasteiger partial charge in [0.05, 0.1) is 26.1 Å². The minimum Gasteiger partial charge on any atom is -0.493 e. The van der Waals surface area contributed by atoms with Gasteiger partial charge in [0.15, 0.2) is 11.5 Å². The van der Waals surface area contributed by atoms with Crippen LogP contribution < -0.4 is 9.47 Å². The van der Waals surface area contributed by atoms with E-state index in [1.807, 2.05) is 78.9 Å². The normalized spacial score (nSPS) is 23.3. The monoisotopic (exact) mass is 467 g/mol. The minimum atomic E-state index is -0.412. The summed E-state index contributed by atoms with van der Waals surface area (Å²) < 4.78 is 10.7. The molecule has 3 aromatic carbocycles. The molecule has 0 N–H and O–H groups in total. The second kappa shape index (κ2) is 9.79. The molecular formula is C30H29NO4. The molecule has 5 nitrogen and oxygen atoms in total. The topological polar surface area (TPSA) is 55.8 Å². The standard InChI is InChI=1S/C30H29NO4/c1-34-25-16-13-20(19-26(25)35-2)17-18-31-29(32)27-23(21-9-5-3-6-10-21)14-15-24(28(27)30(31)33)22-11-7-4-8-12-22/h3-16,19,23-24,27-28H,17-18H2,1-2H3/t23-,24-,27-,28+/m1/s1. The van der Waals surface area contributed by atoms with E-state index in [-0.39, 0.29) is 23.7 Å². The number of hydrogen-bond acceptors (Lipinski definition) is 4. The number of fused-ring (bicyclic) bond motifs is 1. The summed E-state index contributed by atoms with van der Waals surface area (Å²) in [7, 11) is 3.20. The maximum Gasteiger partial charge on any atom is 0.234 e. The van der Waals surface area contributed by atoms with E-state index in [4.69, 9.17) is 9.47 Å². The van der Waals surface area contributed by atoms with Crippen LogP contribution in [0.15, 0.2) is 91.0 Å². The number of ether oxygens (including phenoxy) is 2. The molecule has 2 aliphatic rings. The summed E-state index contributed by atoms with van der Waals surface area (Å²) in [5.74, 6) is 0.0518. The molecule has 1 aliphatic carbocycles. The summed E-state index contributed by atoms with van der Waals surface area (Å²) in [5, 5.41) is 0. The zero-order chi connectivity index (χ0) is 24.4.